The Kier molecular flexibility index (Phi) is 5.41. The maximum atomic E-state index is 12.5. The molecule has 136 valence electrons. The van der Waals surface area contributed by atoms with Crippen molar-refractivity contribution in [2.45, 2.75) is 19.4 Å². The van der Waals surface area contributed by atoms with Gasteiger partial charge in [-0.2, -0.15) is 0 Å². The molecular formula is C20H22N2O4. The number of hydrogen-bond donors (Lipinski definition) is 1. The summed E-state index contributed by atoms with van der Waals surface area (Å²) in [7, 11) is 3.18. The van der Waals surface area contributed by atoms with Crippen LogP contribution in [0.4, 0.5) is 5.69 Å². The van der Waals surface area contributed by atoms with Crippen LogP contribution in [-0.4, -0.2) is 32.6 Å². The van der Waals surface area contributed by atoms with Crippen LogP contribution in [0.5, 0.6) is 11.5 Å². The van der Waals surface area contributed by atoms with Crippen LogP contribution in [0.25, 0.3) is 0 Å². The first-order chi connectivity index (χ1) is 12.6. The Hall–Kier alpha value is -3.02. The van der Waals surface area contributed by atoms with Crippen LogP contribution in [-0.2, 0) is 11.3 Å². The molecule has 6 heteroatoms. The van der Waals surface area contributed by atoms with E-state index in [1.165, 1.54) is 0 Å². The number of ether oxygens (including phenoxy) is 2. The van der Waals surface area contributed by atoms with Gasteiger partial charge in [-0.25, -0.2) is 0 Å². The molecule has 0 atom stereocenters. The van der Waals surface area contributed by atoms with E-state index >= 15 is 0 Å². The molecule has 26 heavy (non-hydrogen) atoms. The van der Waals surface area contributed by atoms with Crippen LogP contribution in [0, 0.1) is 0 Å². The lowest BCUT2D eigenvalue weighted by atomic mass is 10.1. The summed E-state index contributed by atoms with van der Waals surface area (Å²) >= 11 is 0. The van der Waals surface area contributed by atoms with E-state index in [-0.39, 0.29) is 11.8 Å². The van der Waals surface area contributed by atoms with Crippen molar-refractivity contribution in [3.05, 3.63) is 53.6 Å². The van der Waals surface area contributed by atoms with Gasteiger partial charge in [-0.1, -0.05) is 6.07 Å². The standard InChI is InChI=1S/C20H22N2O4/c1-25-17-8-9-18(26-2)15(12-17)13-21-20(24)14-5-3-6-16(11-14)22-10-4-7-19(22)23/h3,5-6,8-9,11-12H,4,7,10,13H2,1-2H3,(H,21,24). The number of anilines is 1. The first-order valence-corrected chi connectivity index (χ1v) is 8.52. The van der Waals surface area contributed by atoms with Crippen molar-refractivity contribution in [3.8, 4) is 11.5 Å². The van der Waals surface area contributed by atoms with E-state index in [1.807, 2.05) is 12.1 Å². The third-order valence-corrected chi connectivity index (χ3v) is 4.42. The molecule has 3 rings (SSSR count). The topological polar surface area (TPSA) is 67.9 Å². The Balaban J connectivity index is 1.72. The number of nitrogens with one attached hydrogen (secondary N) is 1. The molecule has 0 aromatic heterocycles. The number of carbonyl (C=O) groups is 2. The first kappa shape index (κ1) is 17.8. The van der Waals surface area contributed by atoms with Crippen LogP contribution < -0.4 is 19.7 Å². The van der Waals surface area contributed by atoms with Gasteiger partial charge in [0.1, 0.15) is 11.5 Å². The Bertz CT molecular complexity index is 819. The van der Waals surface area contributed by atoms with E-state index in [1.54, 1.807) is 49.5 Å². The molecule has 2 aromatic carbocycles. The van der Waals surface area contributed by atoms with Gasteiger partial charge >= 0.3 is 0 Å². The summed E-state index contributed by atoms with van der Waals surface area (Å²) in [4.78, 5) is 26.2. The Morgan fingerprint density at radius 3 is 2.69 bits per heavy atom. The summed E-state index contributed by atoms with van der Waals surface area (Å²) in [6.07, 6.45) is 1.41. The number of carbonyl (C=O) groups excluding carboxylic acids is 2. The number of hydrogen-bond acceptors (Lipinski definition) is 4. The van der Waals surface area contributed by atoms with Gasteiger partial charge in [0.15, 0.2) is 0 Å². The molecule has 1 aliphatic heterocycles. The molecule has 1 aliphatic rings. The van der Waals surface area contributed by atoms with Gasteiger partial charge in [-0.15, -0.1) is 0 Å². The largest absolute Gasteiger partial charge is 0.497 e. The van der Waals surface area contributed by atoms with Crippen LogP contribution in [0.3, 0.4) is 0 Å². The van der Waals surface area contributed by atoms with Crippen molar-refractivity contribution in [2.75, 3.05) is 25.7 Å². The van der Waals surface area contributed by atoms with Crippen LogP contribution >= 0.6 is 0 Å². The van der Waals surface area contributed by atoms with E-state index in [2.05, 4.69) is 5.32 Å². The lowest BCUT2D eigenvalue weighted by Crippen LogP contribution is -2.26. The van der Waals surface area contributed by atoms with Gasteiger partial charge in [0.05, 0.1) is 14.2 Å². The Labute approximate surface area is 152 Å². The average Bonchev–Trinajstić information content (AvgIpc) is 3.11. The quantitative estimate of drug-likeness (QED) is 0.866. The van der Waals surface area contributed by atoms with E-state index in [0.29, 0.717) is 36.6 Å². The van der Waals surface area contributed by atoms with Crippen molar-refractivity contribution in [2.24, 2.45) is 0 Å². The molecule has 1 fully saturated rings. The SMILES string of the molecule is COc1ccc(OC)c(CNC(=O)c2cccc(N3CCCC3=O)c2)c1. The summed E-state index contributed by atoms with van der Waals surface area (Å²) in [6, 6.07) is 12.6. The van der Waals surface area contributed by atoms with E-state index < -0.39 is 0 Å². The molecule has 2 amide bonds. The van der Waals surface area contributed by atoms with Gasteiger partial charge in [-0.05, 0) is 42.8 Å². The Morgan fingerprint density at radius 2 is 2.00 bits per heavy atom. The predicted octanol–water partition coefficient (Wildman–Crippen LogP) is 2.76. The molecule has 1 saturated heterocycles. The van der Waals surface area contributed by atoms with E-state index in [4.69, 9.17) is 9.47 Å². The number of methoxy groups -OCH3 is 2. The van der Waals surface area contributed by atoms with Gasteiger partial charge in [0.2, 0.25) is 5.91 Å². The zero-order valence-corrected chi connectivity index (χ0v) is 15.0. The molecule has 6 nitrogen and oxygen atoms in total. The summed E-state index contributed by atoms with van der Waals surface area (Å²) in [6.45, 7) is 1.01. The van der Waals surface area contributed by atoms with Crippen LogP contribution in [0.1, 0.15) is 28.8 Å². The number of benzene rings is 2. The maximum Gasteiger partial charge on any atom is 0.251 e. The normalized spacial score (nSPS) is 13.6. The van der Waals surface area contributed by atoms with Crippen molar-refractivity contribution in [3.63, 3.8) is 0 Å². The summed E-state index contributed by atoms with van der Waals surface area (Å²) < 4.78 is 10.6. The second-order valence-corrected chi connectivity index (χ2v) is 6.06. The summed E-state index contributed by atoms with van der Waals surface area (Å²) in [5.41, 5.74) is 2.11. The molecule has 1 heterocycles. The highest BCUT2D eigenvalue weighted by Crippen LogP contribution is 2.24. The zero-order valence-electron chi connectivity index (χ0n) is 15.0. The second-order valence-electron chi connectivity index (χ2n) is 6.06. The van der Waals surface area contributed by atoms with E-state index in [0.717, 1.165) is 17.7 Å². The zero-order chi connectivity index (χ0) is 18.5. The van der Waals surface area contributed by atoms with Gasteiger partial charge in [0, 0.05) is 36.3 Å². The third kappa shape index (κ3) is 3.79. The molecule has 1 N–H and O–H groups in total. The minimum absolute atomic E-state index is 0.101. The molecule has 0 radical (unpaired) electrons. The highest BCUT2D eigenvalue weighted by Gasteiger charge is 2.22. The minimum Gasteiger partial charge on any atom is -0.497 e. The highest BCUT2D eigenvalue weighted by molar-refractivity contribution is 5.99. The number of amides is 2. The third-order valence-electron chi connectivity index (χ3n) is 4.42. The van der Waals surface area contributed by atoms with Crippen molar-refractivity contribution in [1.82, 2.24) is 5.32 Å². The predicted molar refractivity (Wildman–Crippen MR) is 98.7 cm³/mol. The minimum atomic E-state index is -0.205. The van der Waals surface area contributed by atoms with Crippen LogP contribution in [0.15, 0.2) is 42.5 Å². The number of rotatable bonds is 6. The summed E-state index contributed by atoms with van der Waals surface area (Å²) in [5, 5.41) is 2.89. The van der Waals surface area contributed by atoms with Gasteiger partial charge in [-0.3, -0.25) is 9.59 Å². The maximum absolute atomic E-state index is 12.5. The lowest BCUT2D eigenvalue weighted by molar-refractivity contribution is -0.117. The fourth-order valence-corrected chi connectivity index (χ4v) is 3.03. The Morgan fingerprint density at radius 1 is 1.15 bits per heavy atom. The van der Waals surface area contributed by atoms with Crippen LogP contribution in [0.2, 0.25) is 0 Å². The average molecular weight is 354 g/mol. The molecule has 0 bridgehead atoms. The van der Waals surface area contributed by atoms with Crippen molar-refractivity contribution in [1.29, 1.82) is 0 Å². The van der Waals surface area contributed by atoms with E-state index in [9.17, 15) is 9.59 Å². The molecule has 0 aliphatic carbocycles. The molecule has 0 spiro atoms. The van der Waals surface area contributed by atoms with Crippen molar-refractivity contribution < 1.29 is 19.1 Å². The molecular weight excluding hydrogens is 332 g/mol. The molecule has 2 aromatic rings. The monoisotopic (exact) mass is 354 g/mol. The smallest absolute Gasteiger partial charge is 0.251 e. The lowest BCUT2D eigenvalue weighted by Gasteiger charge is -2.16. The molecule has 0 saturated carbocycles. The van der Waals surface area contributed by atoms with Gasteiger partial charge in [0.25, 0.3) is 5.91 Å². The fourth-order valence-electron chi connectivity index (χ4n) is 3.03. The van der Waals surface area contributed by atoms with Crippen molar-refractivity contribution >= 4 is 17.5 Å². The second kappa shape index (κ2) is 7.91. The highest BCUT2D eigenvalue weighted by atomic mass is 16.5. The number of nitrogens with zero attached hydrogens (tertiary/aromatic N) is 1. The fraction of sp³-hybridized carbons (Fsp3) is 0.300. The van der Waals surface area contributed by atoms with Gasteiger partial charge < -0.3 is 19.7 Å². The first-order valence-electron chi connectivity index (χ1n) is 8.52. The summed E-state index contributed by atoms with van der Waals surface area (Å²) in [5.74, 6) is 1.28. The molecule has 0 unspecified atom stereocenters.